The summed E-state index contributed by atoms with van der Waals surface area (Å²) in [5.41, 5.74) is 1.49. The first kappa shape index (κ1) is 22.6. The molecule has 0 aliphatic rings. The third kappa shape index (κ3) is 6.22. The number of carbonyl (C=O) groups is 1. The number of anilines is 1. The van der Waals surface area contributed by atoms with Crippen molar-refractivity contribution in [2.45, 2.75) is 19.7 Å². The lowest BCUT2D eigenvalue weighted by Crippen LogP contribution is -2.14. The average Bonchev–Trinajstić information content (AvgIpc) is 2.77. The predicted molar refractivity (Wildman–Crippen MR) is 116 cm³/mol. The fraction of sp³-hybridized carbons (Fsp3) is 0.120. The van der Waals surface area contributed by atoms with Crippen LogP contribution in [0.15, 0.2) is 78.4 Å². The van der Waals surface area contributed by atoms with Gasteiger partial charge in [-0.05, 0) is 54.5 Å². The Kier molecular flexibility index (Phi) is 6.96. The number of benzene rings is 3. The number of nitrogens with one attached hydrogen (secondary N) is 1. The summed E-state index contributed by atoms with van der Waals surface area (Å²) in [5.74, 6) is -0.257. The molecule has 3 aromatic carbocycles. The summed E-state index contributed by atoms with van der Waals surface area (Å²) in [6, 6.07) is 20.7. The summed E-state index contributed by atoms with van der Waals surface area (Å²) in [6.45, 7) is 2.35. The molecule has 162 valence electrons. The van der Waals surface area contributed by atoms with Crippen LogP contribution in [-0.2, 0) is 17.6 Å². The van der Waals surface area contributed by atoms with Crippen LogP contribution in [0.3, 0.4) is 0 Å². The maximum absolute atomic E-state index is 12.9. The Hall–Kier alpha value is -4.05. The van der Waals surface area contributed by atoms with Gasteiger partial charge in [0.15, 0.2) is 0 Å². The van der Waals surface area contributed by atoms with E-state index in [2.05, 4.69) is 5.32 Å². The summed E-state index contributed by atoms with van der Waals surface area (Å²) in [4.78, 5) is 12.4. The molecule has 0 heterocycles. The highest BCUT2D eigenvalue weighted by atomic mass is 19.4. The first-order chi connectivity index (χ1) is 15.2. The van der Waals surface area contributed by atoms with Crippen molar-refractivity contribution in [1.82, 2.24) is 0 Å². The van der Waals surface area contributed by atoms with Gasteiger partial charge in [0.2, 0.25) is 0 Å². The molecule has 0 saturated carbocycles. The number of hydrogen-bond donors (Lipinski definition) is 1. The molecule has 0 spiro atoms. The van der Waals surface area contributed by atoms with E-state index in [1.165, 1.54) is 18.2 Å². The number of aryl methyl sites for hydroxylation is 1. The first-order valence-electron chi connectivity index (χ1n) is 9.63. The lowest BCUT2D eigenvalue weighted by molar-refractivity contribution is -0.137. The van der Waals surface area contributed by atoms with Gasteiger partial charge < -0.3 is 10.1 Å². The number of ether oxygens (including phenoxy) is 1. The Morgan fingerprint density at radius 1 is 1.06 bits per heavy atom. The number of carbonyl (C=O) groups excluding carboxylic acids is 1. The van der Waals surface area contributed by atoms with Crippen LogP contribution in [0.25, 0.3) is 6.08 Å². The molecule has 0 saturated heterocycles. The minimum absolute atomic E-state index is 0.0545. The molecule has 3 aromatic rings. The van der Waals surface area contributed by atoms with E-state index >= 15 is 0 Å². The molecule has 32 heavy (non-hydrogen) atoms. The fourth-order valence-electron chi connectivity index (χ4n) is 2.83. The van der Waals surface area contributed by atoms with Crippen molar-refractivity contribution in [3.05, 3.63) is 101 Å². The predicted octanol–water partition coefficient (Wildman–Crippen LogP) is 6.14. The van der Waals surface area contributed by atoms with Crippen LogP contribution in [-0.4, -0.2) is 5.91 Å². The van der Waals surface area contributed by atoms with E-state index in [1.54, 1.807) is 30.3 Å². The molecular weight excluding hydrogens is 417 g/mol. The van der Waals surface area contributed by atoms with E-state index in [9.17, 15) is 23.2 Å². The molecule has 0 radical (unpaired) electrons. The number of hydrogen-bond acceptors (Lipinski definition) is 3. The van der Waals surface area contributed by atoms with Gasteiger partial charge in [-0.2, -0.15) is 18.4 Å². The number of rotatable bonds is 6. The highest BCUT2D eigenvalue weighted by Gasteiger charge is 2.30. The highest BCUT2D eigenvalue weighted by Crippen LogP contribution is 2.30. The van der Waals surface area contributed by atoms with E-state index in [-0.39, 0.29) is 11.3 Å². The maximum Gasteiger partial charge on any atom is 0.416 e. The van der Waals surface area contributed by atoms with E-state index in [0.29, 0.717) is 17.9 Å². The average molecular weight is 436 g/mol. The lowest BCUT2D eigenvalue weighted by Gasteiger charge is -2.10. The number of alkyl halides is 3. The topological polar surface area (TPSA) is 62.1 Å². The Balaban J connectivity index is 1.71. The third-order valence-electron chi connectivity index (χ3n) is 4.51. The summed E-state index contributed by atoms with van der Waals surface area (Å²) < 4.78 is 44.3. The number of halogens is 3. The van der Waals surface area contributed by atoms with Gasteiger partial charge in [-0.25, -0.2) is 0 Å². The molecule has 0 fully saturated rings. The summed E-state index contributed by atoms with van der Waals surface area (Å²) in [6.07, 6.45) is -3.19. The number of amides is 1. The van der Waals surface area contributed by atoms with Gasteiger partial charge in [-0.1, -0.05) is 48.0 Å². The second-order valence-electron chi connectivity index (χ2n) is 7.05. The minimum Gasteiger partial charge on any atom is -0.489 e. The second kappa shape index (κ2) is 9.84. The van der Waals surface area contributed by atoms with Gasteiger partial charge in [0.05, 0.1) is 5.56 Å². The standard InChI is InChI=1S/C25H19F3N2O2/c1-17-8-10-18(11-9-17)16-32-23-7-2-4-19(13-23)12-20(15-29)24(31)30-22-6-3-5-21(14-22)25(26,27)28/h2-14H,16H2,1H3,(H,30,31)/b20-12-. The van der Waals surface area contributed by atoms with E-state index in [4.69, 9.17) is 4.74 Å². The largest absolute Gasteiger partial charge is 0.489 e. The summed E-state index contributed by atoms with van der Waals surface area (Å²) in [5, 5.41) is 11.7. The van der Waals surface area contributed by atoms with Gasteiger partial charge in [0, 0.05) is 5.69 Å². The molecule has 0 aliphatic heterocycles. The molecule has 3 rings (SSSR count). The van der Waals surface area contributed by atoms with Crippen molar-refractivity contribution in [3.8, 4) is 11.8 Å². The van der Waals surface area contributed by atoms with Crippen molar-refractivity contribution in [2.75, 3.05) is 5.32 Å². The van der Waals surface area contributed by atoms with Crippen LogP contribution in [0.1, 0.15) is 22.3 Å². The molecule has 0 bridgehead atoms. The monoisotopic (exact) mass is 436 g/mol. The Bertz CT molecular complexity index is 1180. The van der Waals surface area contributed by atoms with Crippen molar-refractivity contribution >= 4 is 17.7 Å². The van der Waals surface area contributed by atoms with Crippen LogP contribution in [0, 0.1) is 18.3 Å². The first-order valence-corrected chi connectivity index (χ1v) is 9.63. The smallest absolute Gasteiger partial charge is 0.416 e. The molecule has 0 atom stereocenters. The lowest BCUT2D eigenvalue weighted by atomic mass is 10.1. The van der Waals surface area contributed by atoms with Gasteiger partial charge in [-0.3, -0.25) is 4.79 Å². The van der Waals surface area contributed by atoms with E-state index < -0.39 is 17.6 Å². The van der Waals surface area contributed by atoms with Crippen molar-refractivity contribution in [3.63, 3.8) is 0 Å². The van der Waals surface area contributed by atoms with Crippen molar-refractivity contribution in [2.24, 2.45) is 0 Å². The number of nitriles is 1. The van der Waals surface area contributed by atoms with Crippen LogP contribution in [0.4, 0.5) is 18.9 Å². The van der Waals surface area contributed by atoms with Gasteiger partial charge in [0.1, 0.15) is 24.0 Å². The zero-order valence-corrected chi connectivity index (χ0v) is 17.1. The van der Waals surface area contributed by atoms with Crippen LogP contribution in [0.2, 0.25) is 0 Å². The van der Waals surface area contributed by atoms with E-state index in [0.717, 1.165) is 23.3 Å². The zero-order chi connectivity index (χ0) is 23.1. The molecule has 7 heteroatoms. The van der Waals surface area contributed by atoms with E-state index in [1.807, 2.05) is 31.2 Å². The van der Waals surface area contributed by atoms with Crippen molar-refractivity contribution in [1.29, 1.82) is 5.26 Å². The normalized spacial score (nSPS) is 11.5. The minimum atomic E-state index is -4.53. The van der Waals surface area contributed by atoms with Gasteiger partial charge in [-0.15, -0.1) is 0 Å². The SMILES string of the molecule is Cc1ccc(COc2cccc(/C=C(/C#N)C(=O)Nc3cccc(C(F)(F)F)c3)c2)cc1. The Morgan fingerprint density at radius 3 is 2.47 bits per heavy atom. The molecule has 0 aromatic heterocycles. The third-order valence-corrected chi connectivity index (χ3v) is 4.51. The van der Waals surface area contributed by atoms with Crippen LogP contribution in [0.5, 0.6) is 5.75 Å². The molecular formula is C25H19F3N2O2. The Morgan fingerprint density at radius 2 is 1.78 bits per heavy atom. The quantitative estimate of drug-likeness (QED) is 0.373. The fourth-order valence-corrected chi connectivity index (χ4v) is 2.83. The summed E-state index contributed by atoms with van der Waals surface area (Å²) in [7, 11) is 0. The molecule has 0 aliphatic carbocycles. The number of nitrogens with zero attached hydrogens (tertiary/aromatic N) is 1. The van der Waals surface area contributed by atoms with Gasteiger partial charge in [0.25, 0.3) is 5.91 Å². The molecule has 1 N–H and O–H groups in total. The zero-order valence-electron chi connectivity index (χ0n) is 17.1. The summed E-state index contributed by atoms with van der Waals surface area (Å²) >= 11 is 0. The van der Waals surface area contributed by atoms with Crippen LogP contribution < -0.4 is 10.1 Å². The second-order valence-corrected chi connectivity index (χ2v) is 7.05. The van der Waals surface area contributed by atoms with Crippen LogP contribution >= 0.6 is 0 Å². The molecule has 4 nitrogen and oxygen atoms in total. The maximum atomic E-state index is 12.9. The molecule has 0 unspecified atom stereocenters. The molecule has 1 amide bonds. The Labute approximate surface area is 183 Å². The van der Waals surface area contributed by atoms with Crippen molar-refractivity contribution < 1.29 is 22.7 Å². The van der Waals surface area contributed by atoms with Gasteiger partial charge >= 0.3 is 6.18 Å². The highest BCUT2D eigenvalue weighted by molar-refractivity contribution is 6.09.